The maximum absolute atomic E-state index is 12.4. The highest BCUT2D eigenvalue weighted by atomic mass is 35.5. The number of para-hydroxylation sites is 1. The lowest BCUT2D eigenvalue weighted by Gasteiger charge is -2.31. The molecule has 0 spiro atoms. The summed E-state index contributed by atoms with van der Waals surface area (Å²) < 4.78 is 1.24. The number of anilines is 1. The molecule has 1 N–H and O–H groups in total. The molecule has 3 heterocycles. The molecule has 1 saturated heterocycles. The smallest absolute Gasteiger partial charge is 0.303 e. The Kier molecular flexibility index (Phi) is 4.42. The summed E-state index contributed by atoms with van der Waals surface area (Å²) in [6.07, 6.45) is 2.08. The maximum Gasteiger partial charge on any atom is 0.303 e. The number of halogens is 1. The molecule has 28 heavy (non-hydrogen) atoms. The summed E-state index contributed by atoms with van der Waals surface area (Å²) in [5.41, 5.74) is 2.18. The Hall–Kier alpha value is -2.28. The van der Waals surface area contributed by atoms with E-state index in [0.717, 1.165) is 31.4 Å². The standard InChI is InChI=1S/C21H18ClN3O2S/c22-14-5-6-17-15(11-14)19(26)21(27)25(17)12-24-9-7-13(8-10-24)20-23-16-3-1-2-4-18(16)28-20/h1-6,11,13H,7-10,12H2/p+1. The zero-order valence-corrected chi connectivity index (χ0v) is 16.7. The average molecular weight is 413 g/mol. The topological polar surface area (TPSA) is 54.7 Å². The highest BCUT2D eigenvalue weighted by Crippen LogP contribution is 2.32. The molecule has 2 aliphatic heterocycles. The average Bonchev–Trinajstić information content (AvgIpc) is 3.24. The highest BCUT2D eigenvalue weighted by molar-refractivity contribution is 7.18. The van der Waals surface area contributed by atoms with Crippen LogP contribution in [0.5, 0.6) is 0 Å². The van der Waals surface area contributed by atoms with Gasteiger partial charge in [-0.15, -0.1) is 11.3 Å². The van der Waals surface area contributed by atoms with Gasteiger partial charge in [0.1, 0.15) is 0 Å². The summed E-state index contributed by atoms with van der Waals surface area (Å²) in [6.45, 7) is 2.44. The number of nitrogens with zero attached hydrogens (tertiary/aromatic N) is 2. The van der Waals surface area contributed by atoms with E-state index in [1.165, 1.54) is 14.6 Å². The van der Waals surface area contributed by atoms with E-state index in [1.54, 1.807) is 34.4 Å². The van der Waals surface area contributed by atoms with Crippen molar-refractivity contribution in [3.8, 4) is 0 Å². The van der Waals surface area contributed by atoms with Crippen LogP contribution in [0.15, 0.2) is 42.5 Å². The number of carbonyl (C=O) groups is 2. The van der Waals surface area contributed by atoms with Crippen molar-refractivity contribution in [1.29, 1.82) is 0 Å². The first-order valence-electron chi connectivity index (χ1n) is 9.45. The maximum atomic E-state index is 12.4. The molecule has 1 amide bonds. The minimum atomic E-state index is -0.457. The first-order valence-corrected chi connectivity index (χ1v) is 10.6. The van der Waals surface area contributed by atoms with E-state index >= 15 is 0 Å². The number of hydrogen-bond acceptors (Lipinski definition) is 4. The van der Waals surface area contributed by atoms with Gasteiger partial charge in [-0.3, -0.25) is 14.5 Å². The van der Waals surface area contributed by atoms with Crippen molar-refractivity contribution in [2.45, 2.75) is 18.8 Å². The van der Waals surface area contributed by atoms with Crippen LogP contribution >= 0.6 is 22.9 Å². The van der Waals surface area contributed by atoms with Gasteiger partial charge >= 0.3 is 5.91 Å². The van der Waals surface area contributed by atoms with Gasteiger partial charge < -0.3 is 4.90 Å². The molecule has 5 rings (SSSR count). The summed E-state index contributed by atoms with van der Waals surface area (Å²) in [7, 11) is 0. The molecule has 142 valence electrons. The quantitative estimate of drug-likeness (QED) is 0.673. The van der Waals surface area contributed by atoms with Crippen molar-refractivity contribution in [1.82, 2.24) is 4.98 Å². The minimum absolute atomic E-state index is 0.418. The number of amides is 1. The number of thiazole rings is 1. The van der Waals surface area contributed by atoms with Crippen LogP contribution in [0.4, 0.5) is 5.69 Å². The molecule has 0 saturated carbocycles. The van der Waals surface area contributed by atoms with E-state index in [0.29, 0.717) is 28.9 Å². The van der Waals surface area contributed by atoms with E-state index in [2.05, 4.69) is 18.2 Å². The normalized spacial score (nSPS) is 22.1. The zero-order chi connectivity index (χ0) is 19.3. The van der Waals surface area contributed by atoms with Gasteiger partial charge in [0.15, 0.2) is 6.67 Å². The summed E-state index contributed by atoms with van der Waals surface area (Å²) in [5, 5.41) is 1.69. The van der Waals surface area contributed by atoms with Gasteiger partial charge in [0.25, 0.3) is 5.78 Å². The number of fused-ring (bicyclic) bond motifs is 2. The van der Waals surface area contributed by atoms with Crippen LogP contribution in [-0.4, -0.2) is 36.4 Å². The van der Waals surface area contributed by atoms with Crippen molar-refractivity contribution in [2.75, 3.05) is 24.7 Å². The van der Waals surface area contributed by atoms with Gasteiger partial charge in [-0.2, -0.15) is 0 Å². The van der Waals surface area contributed by atoms with Crippen LogP contribution in [0.25, 0.3) is 10.2 Å². The third-order valence-corrected chi connectivity index (χ3v) is 7.10. The van der Waals surface area contributed by atoms with Gasteiger partial charge in [-0.25, -0.2) is 4.98 Å². The molecule has 1 aromatic heterocycles. The third kappa shape index (κ3) is 3.02. The Balaban J connectivity index is 1.28. The van der Waals surface area contributed by atoms with Gasteiger partial charge in [-0.05, 0) is 30.3 Å². The van der Waals surface area contributed by atoms with Crippen molar-refractivity contribution in [3.05, 3.63) is 58.1 Å². The second-order valence-corrected chi connectivity index (χ2v) is 8.92. The van der Waals surface area contributed by atoms with Gasteiger partial charge in [-0.1, -0.05) is 23.7 Å². The molecule has 0 atom stereocenters. The molecule has 1 fully saturated rings. The monoisotopic (exact) mass is 412 g/mol. The Morgan fingerprint density at radius 1 is 1.14 bits per heavy atom. The van der Waals surface area contributed by atoms with Crippen molar-refractivity contribution < 1.29 is 14.5 Å². The summed E-state index contributed by atoms with van der Waals surface area (Å²) in [4.78, 5) is 32.4. The van der Waals surface area contributed by atoms with Gasteiger partial charge in [0.2, 0.25) is 0 Å². The number of hydrogen-bond donors (Lipinski definition) is 1. The van der Waals surface area contributed by atoms with Crippen LogP contribution in [0.3, 0.4) is 0 Å². The van der Waals surface area contributed by atoms with Crippen molar-refractivity contribution in [2.24, 2.45) is 0 Å². The molecule has 0 aliphatic carbocycles. The Labute approximate surface area is 171 Å². The number of benzene rings is 2. The fourth-order valence-corrected chi connectivity index (χ4v) is 5.46. The van der Waals surface area contributed by atoms with E-state index < -0.39 is 11.7 Å². The molecular weight excluding hydrogens is 394 g/mol. The molecular formula is C21H19ClN3O2S+. The van der Waals surface area contributed by atoms with E-state index in [1.807, 2.05) is 6.07 Å². The molecule has 2 aliphatic rings. The first kappa shape index (κ1) is 17.8. The number of carbonyl (C=O) groups excluding carboxylic acids is 2. The number of aromatic nitrogens is 1. The first-order chi connectivity index (χ1) is 13.6. The van der Waals surface area contributed by atoms with Gasteiger partial charge in [0.05, 0.1) is 39.6 Å². The van der Waals surface area contributed by atoms with Crippen LogP contribution in [0.2, 0.25) is 5.02 Å². The predicted octanol–water partition coefficient (Wildman–Crippen LogP) is 2.90. The van der Waals surface area contributed by atoms with E-state index in [9.17, 15) is 9.59 Å². The van der Waals surface area contributed by atoms with Crippen LogP contribution in [-0.2, 0) is 4.79 Å². The van der Waals surface area contributed by atoms with Crippen LogP contribution in [0.1, 0.15) is 34.1 Å². The lowest BCUT2D eigenvalue weighted by molar-refractivity contribution is -0.904. The molecule has 0 bridgehead atoms. The Morgan fingerprint density at radius 3 is 2.71 bits per heavy atom. The molecule has 7 heteroatoms. The van der Waals surface area contributed by atoms with Crippen LogP contribution < -0.4 is 9.80 Å². The largest absolute Gasteiger partial charge is 0.317 e. The highest BCUT2D eigenvalue weighted by Gasteiger charge is 2.38. The molecule has 0 unspecified atom stereocenters. The van der Waals surface area contributed by atoms with Crippen molar-refractivity contribution >= 4 is 50.5 Å². The van der Waals surface area contributed by atoms with E-state index in [4.69, 9.17) is 16.6 Å². The molecule has 0 radical (unpaired) electrons. The minimum Gasteiger partial charge on any atom is -0.317 e. The number of ketones is 1. The second kappa shape index (κ2) is 6.95. The lowest BCUT2D eigenvalue weighted by Crippen LogP contribution is -3.14. The van der Waals surface area contributed by atoms with Crippen LogP contribution in [0, 0.1) is 0 Å². The summed E-state index contributed by atoms with van der Waals surface area (Å²) >= 11 is 7.78. The lowest BCUT2D eigenvalue weighted by atomic mass is 9.98. The van der Waals surface area contributed by atoms with Crippen molar-refractivity contribution in [3.63, 3.8) is 0 Å². The fraction of sp³-hybridized carbons (Fsp3) is 0.286. The Morgan fingerprint density at radius 2 is 1.93 bits per heavy atom. The number of likely N-dealkylation sites (tertiary alicyclic amines) is 1. The Bertz CT molecular complexity index is 1060. The molecule has 5 nitrogen and oxygen atoms in total. The number of piperidine rings is 1. The summed E-state index contributed by atoms with van der Waals surface area (Å²) in [5.74, 6) is -0.428. The predicted molar refractivity (Wildman–Crippen MR) is 110 cm³/mol. The second-order valence-electron chi connectivity index (χ2n) is 7.43. The number of quaternary nitrogens is 1. The van der Waals surface area contributed by atoms with E-state index in [-0.39, 0.29) is 0 Å². The number of Topliss-reactive ketones (excluding diaryl/α,β-unsaturated/α-hetero) is 1. The third-order valence-electron chi connectivity index (χ3n) is 5.67. The van der Waals surface area contributed by atoms with Gasteiger partial charge in [0, 0.05) is 23.8 Å². The summed E-state index contributed by atoms with van der Waals surface area (Å²) in [6, 6.07) is 13.4. The number of rotatable bonds is 3. The SMILES string of the molecule is O=C1C(=O)N(C[NH+]2CCC(c3nc4ccccc4s3)CC2)c2ccc(Cl)cc21. The molecule has 2 aromatic carbocycles. The molecule has 3 aromatic rings. The fourth-order valence-electron chi connectivity index (χ4n) is 4.15. The zero-order valence-electron chi connectivity index (χ0n) is 15.2. The number of nitrogens with one attached hydrogen (secondary N) is 1.